The van der Waals surface area contributed by atoms with Crippen molar-refractivity contribution in [3.05, 3.63) is 89.5 Å². The molecule has 2 heterocycles. The molecule has 0 fully saturated rings. The van der Waals surface area contributed by atoms with Crippen molar-refractivity contribution in [3.8, 4) is 5.75 Å². The number of aryl methyl sites for hydroxylation is 1. The fourth-order valence-corrected chi connectivity index (χ4v) is 3.62. The van der Waals surface area contributed by atoms with Crippen LogP contribution in [-0.4, -0.2) is 31.9 Å². The maximum Gasteiger partial charge on any atom is 0.261 e. The minimum atomic E-state index is -0.413. The van der Waals surface area contributed by atoms with Crippen molar-refractivity contribution in [1.29, 1.82) is 0 Å². The first-order chi connectivity index (χ1) is 16.0. The Morgan fingerprint density at radius 2 is 1.76 bits per heavy atom. The van der Waals surface area contributed by atoms with E-state index in [4.69, 9.17) is 5.73 Å². The van der Waals surface area contributed by atoms with Crippen LogP contribution in [0.5, 0.6) is 5.75 Å². The maximum absolute atomic E-state index is 13.3. The van der Waals surface area contributed by atoms with Gasteiger partial charge in [0.15, 0.2) is 5.65 Å². The monoisotopic (exact) mass is 436 g/mol. The van der Waals surface area contributed by atoms with Gasteiger partial charge < -0.3 is 16.2 Å². The van der Waals surface area contributed by atoms with E-state index in [-0.39, 0.29) is 17.1 Å². The second-order valence-electron chi connectivity index (χ2n) is 7.58. The number of carbonyl (C=O) groups excluding carboxylic acids is 1. The normalized spacial score (nSPS) is 11.4. The van der Waals surface area contributed by atoms with Gasteiger partial charge in [0.2, 0.25) is 0 Å². The average Bonchev–Trinajstić information content (AvgIpc) is 3.07. The Morgan fingerprint density at radius 3 is 2.52 bits per heavy atom. The van der Waals surface area contributed by atoms with E-state index in [1.54, 1.807) is 30.3 Å². The number of amides is 1. The molecule has 0 spiro atoms. The number of nitrogens with zero attached hydrogens (tertiary/aromatic N) is 4. The SMILES string of the molecule is Cc1cccc(NC(=O)c2c(N)n(N=Cc3ccccc3O)c3nc4ccccc4nc23)c1. The summed E-state index contributed by atoms with van der Waals surface area (Å²) in [5.41, 5.74) is 10.7. The standard InChI is InChI=1S/C25H20N6O2/c1-15-7-6-9-17(13-15)28-25(33)21-22-24(30-19-11-4-3-10-18(19)29-22)31(23(21)26)27-14-16-8-2-5-12-20(16)32/h2-14,32H,26H2,1H3,(H,28,33). The van der Waals surface area contributed by atoms with Gasteiger partial charge in [-0.15, -0.1) is 0 Å². The zero-order valence-electron chi connectivity index (χ0n) is 17.7. The van der Waals surface area contributed by atoms with Crippen LogP contribution in [0.15, 0.2) is 77.9 Å². The lowest BCUT2D eigenvalue weighted by Gasteiger charge is -2.06. The lowest BCUT2D eigenvalue weighted by molar-refractivity contribution is 0.102. The molecule has 4 N–H and O–H groups in total. The number of nitrogens with one attached hydrogen (secondary N) is 1. The zero-order chi connectivity index (χ0) is 22.9. The summed E-state index contributed by atoms with van der Waals surface area (Å²) < 4.78 is 1.37. The summed E-state index contributed by atoms with van der Waals surface area (Å²) >= 11 is 0. The molecule has 162 valence electrons. The second kappa shape index (κ2) is 8.08. The fourth-order valence-electron chi connectivity index (χ4n) is 3.62. The van der Waals surface area contributed by atoms with E-state index < -0.39 is 5.91 Å². The van der Waals surface area contributed by atoms with E-state index in [2.05, 4.69) is 20.4 Å². The van der Waals surface area contributed by atoms with Gasteiger partial charge in [0.25, 0.3) is 5.91 Å². The van der Waals surface area contributed by atoms with Crippen LogP contribution in [0.4, 0.5) is 11.5 Å². The summed E-state index contributed by atoms with van der Waals surface area (Å²) in [6.07, 6.45) is 1.46. The molecule has 1 amide bonds. The average molecular weight is 436 g/mol. The number of aromatic nitrogens is 3. The van der Waals surface area contributed by atoms with Crippen molar-refractivity contribution >= 4 is 45.8 Å². The van der Waals surface area contributed by atoms with Crippen LogP contribution in [0, 0.1) is 6.92 Å². The van der Waals surface area contributed by atoms with Crippen LogP contribution >= 0.6 is 0 Å². The van der Waals surface area contributed by atoms with Crippen LogP contribution in [-0.2, 0) is 0 Å². The van der Waals surface area contributed by atoms with Crippen molar-refractivity contribution in [2.24, 2.45) is 5.10 Å². The number of benzene rings is 3. The van der Waals surface area contributed by atoms with Gasteiger partial charge in [-0.25, -0.2) is 9.97 Å². The number of nitrogens with two attached hydrogens (primary N) is 1. The molecule has 0 saturated carbocycles. The number of nitrogen functional groups attached to an aromatic ring is 1. The number of hydrogen-bond donors (Lipinski definition) is 3. The van der Waals surface area contributed by atoms with E-state index >= 15 is 0 Å². The van der Waals surface area contributed by atoms with Crippen molar-refractivity contribution in [1.82, 2.24) is 14.6 Å². The van der Waals surface area contributed by atoms with Crippen LogP contribution in [0.1, 0.15) is 21.5 Å². The maximum atomic E-state index is 13.3. The van der Waals surface area contributed by atoms with Crippen LogP contribution < -0.4 is 11.1 Å². The van der Waals surface area contributed by atoms with Gasteiger partial charge in [-0.1, -0.05) is 36.4 Å². The third-order valence-electron chi connectivity index (χ3n) is 5.23. The fraction of sp³-hybridized carbons (Fsp3) is 0.0400. The topological polar surface area (TPSA) is 118 Å². The first kappa shape index (κ1) is 20.2. The van der Waals surface area contributed by atoms with E-state index in [1.807, 2.05) is 49.4 Å². The molecule has 5 aromatic rings. The van der Waals surface area contributed by atoms with Crippen LogP contribution in [0.2, 0.25) is 0 Å². The van der Waals surface area contributed by atoms with Crippen molar-refractivity contribution in [3.63, 3.8) is 0 Å². The third kappa shape index (κ3) is 3.74. The smallest absolute Gasteiger partial charge is 0.261 e. The number of aromatic hydroxyl groups is 1. The van der Waals surface area contributed by atoms with Crippen molar-refractivity contribution < 1.29 is 9.90 Å². The number of para-hydroxylation sites is 3. The molecular weight excluding hydrogens is 416 g/mol. The van der Waals surface area contributed by atoms with Gasteiger partial charge in [-0.3, -0.25) is 4.79 Å². The number of hydrogen-bond acceptors (Lipinski definition) is 6. The van der Waals surface area contributed by atoms with Crippen molar-refractivity contribution in [2.75, 3.05) is 11.1 Å². The van der Waals surface area contributed by atoms with E-state index in [0.29, 0.717) is 33.4 Å². The number of anilines is 2. The Balaban J connectivity index is 1.68. The summed E-state index contributed by atoms with van der Waals surface area (Å²) in [4.78, 5) is 22.6. The highest BCUT2D eigenvalue weighted by Crippen LogP contribution is 2.29. The van der Waals surface area contributed by atoms with Crippen LogP contribution in [0.25, 0.3) is 22.2 Å². The van der Waals surface area contributed by atoms with Crippen LogP contribution in [0.3, 0.4) is 0 Å². The van der Waals surface area contributed by atoms with E-state index in [1.165, 1.54) is 10.9 Å². The Hall–Kier alpha value is -4.72. The molecule has 0 aliphatic carbocycles. The van der Waals surface area contributed by atoms with Gasteiger partial charge in [0.1, 0.15) is 22.6 Å². The molecule has 8 nitrogen and oxygen atoms in total. The highest BCUT2D eigenvalue weighted by molar-refractivity contribution is 6.16. The summed E-state index contributed by atoms with van der Waals surface area (Å²) in [5, 5.41) is 17.4. The van der Waals surface area contributed by atoms with Gasteiger partial charge in [-0.2, -0.15) is 9.78 Å². The molecule has 0 aliphatic heterocycles. The first-order valence-corrected chi connectivity index (χ1v) is 10.3. The molecule has 0 saturated heterocycles. The highest BCUT2D eigenvalue weighted by atomic mass is 16.3. The molecule has 0 unspecified atom stereocenters. The summed E-state index contributed by atoms with van der Waals surface area (Å²) in [7, 11) is 0. The van der Waals surface area contributed by atoms with E-state index in [9.17, 15) is 9.90 Å². The summed E-state index contributed by atoms with van der Waals surface area (Å²) in [6, 6.07) is 21.6. The quantitative estimate of drug-likeness (QED) is 0.363. The Labute approximate surface area is 189 Å². The molecule has 0 aliphatic rings. The van der Waals surface area contributed by atoms with Gasteiger partial charge >= 0.3 is 0 Å². The number of carbonyl (C=O) groups is 1. The zero-order valence-corrected chi connectivity index (χ0v) is 17.7. The lowest BCUT2D eigenvalue weighted by Crippen LogP contribution is -2.14. The molecular formula is C25H20N6O2. The number of phenols is 1. The number of phenolic OH excluding ortho intramolecular Hbond substituents is 1. The molecule has 8 heteroatoms. The van der Waals surface area contributed by atoms with E-state index in [0.717, 1.165) is 5.56 Å². The van der Waals surface area contributed by atoms with Gasteiger partial charge in [0, 0.05) is 11.3 Å². The predicted molar refractivity (Wildman–Crippen MR) is 130 cm³/mol. The predicted octanol–water partition coefficient (Wildman–Crippen LogP) is 4.32. The Kier molecular flexibility index (Phi) is 4.95. The molecule has 2 aromatic heterocycles. The minimum Gasteiger partial charge on any atom is -0.507 e. The summed E-state index contributed by atoms with van der Waals surface area (Å²) in [5.74, 6) is -0.244. The molecule has 0 atom stereocenters. The minimum absolute atomic E-state index is 0.0743. The molecule has 0 bridgehead atoms. The van der Waals surface area contributed by atoms with Crippen molar-refractivity contribution in [2.45, 2.75) is 6.92 Å². The van der Waals surface area contributed by atoms with Gasteiger partial charge in [-0.05, 0) is 48.9 Å². The largest absolute Gasteiger partial charge is 0.507 e. The molecule has 3 aromatic carbocycles. The Bertz CT molecular complexity index is 1550. The molecule has 0 radical (unpaired) electrons. The highest BCUT2D eigenvalue weighted by Gasteiger charge is 2.24. The first-order valence-electron chi connectivity index (χ1n) is 10.3. The summed E-state index contributed by atoms with van der Waals surface area (Å²) in [6.45, 7) is 1.95. The second-order valence-corrected chi connectivity index (χ2v) is 7.58. The number of fused-ring (bicyclic) bond motifs is 2. The van der Waals surface area contributed by atoms with Gasteiger partial charge in [0.05, 0.1) is 17.2 Å². The third-order valence-corrected chi connectivity index (χ3v) is 5.23. The number of rotatable bonds is 4. The lowest BCUT2D eigenvalue weighted by atomic mass is 10.2. The molecule has 5 rings (SSSR count). The molecule has 33 heavy (non-hydrogen) atoms. The Morgan fingerprint density at radius 1 is 1.03 bits per heavy atom.